The molecular weight excluding hydrogens is 182 g/mol. The van der Waals surface area contributed by atoms with Gasteiger partial charge in [-0.2, -0.15) is 0 Å². The van der Waals surface area contributed by atoms with Crippen molar-refractivity contribution in [2.45, 2.75) is 33.2 Å². The molecule has 0 saturated carbocycles. The predicted molar refractivity (Wildman–Crippen MR) is 50.1 cm³/mol. The number of rotatable bonds is 1. The highest BCUT2D eigenvalue weighted by atomic mass is 16.7. The molecule has 1 fully saturated rings. The molecule has 2 aliphatic heterocycles. The van der Waals surface area contributed by atoms with Crippen molar-refractivity contribution >= 4 is 5.91 Å². The van der Waals surface area contributed by atoms with Crippen LogP contribution in [0, 0.1) is 5.92 Å². The summed E-state index contributed by atoms with van der Waals surface area (Å²) in [5.41, 5.74) is 0. The summed E-state index contributed by atoms with van der Waals surface area (Å²) >= 11 is 0. The Balaban J connectivity index is 2.22. The van der Waals surface area contributed by atoms with Crippen molar-refractivity contribution in [2.24, 2.45) is 5.92 Å². The Hall–Kier alpha value is -1.03. The van der Waals surface area contributed by atoms with Crippen LogP contribution in [0.2, 0.25) is 0 Å². The molecule has 0 unspecified atom stereocenters. The number of carbonyl (C=O) groups is 1. The lowest BCUT2D eigenvalue weighted by Gasteiger charge is -2.32. The molecule has 2 rings (SSSR count). The third-order valence-corrected chi connectivity index (χ3v) is 2.63. The van der Waals surface area contributed by atoms with Crippen LogP contribution >= 0.6 is 0 Å². The van der Waals surface area contributed by atoms with E-state index in [-0.39, 0.29) is 11.9 Å². The van der Waals surface area contributed by atoms with Crippen molar-refractivity contribution in [3.63, 3.8) is 0 Å². The third kappa shape index (κ3) is 1.39. The monoisotopic (exact) mass is 197 g/mol. The molecule has 2 aliphatic rings. The van der Waals surface area contributed by atoms with Crippen LogP contribution in [-0.4, -0.2) is 29.9 Å². The van der Waals surface area contributed by atoms with E-state index in [1.165, 1.54) is 6.08 Å². The fraction of sp³-hybridized carbons (Fsp3) is 0.700. The van der Waals surface area contributed by atoms with E-state index in [9.17, 15) is 4.79 Å². The van der Waals surface area contributed by atoms with Crippen molar-refractivity contribution in [1.29, 1.82) is 0 Å². The molecule has 0 aromatic carbocycles. The molecule has 0 bridgehead atoms. The van der Waals surface area contributed by atoms with Gasteiger partial charge in [0.15, 0.2) is 0 Å². The number of carbonyl (C=O) groups excluding carboxylic acids is 1. The molecule has 2 atom stereocenters. The molecule has 1 saturated heterocycles. The fourth-order valence-corrected chi connectivity index (χ4v) is 1.81. The highest BCUT2D eigenvalue weighted by Crippen LogP contribution is 2.28. The van der Waals surface area contributed by atoms with E-state index in [0.717, 1.165) is 0 Å². The number of ether oxygens (including phenoxy) is 2. The zero-order valence-electron chi connectivity index (χ0n) is 8.69. The van der Waals surface area contributed by atoms with Crippen molar-refractivity contribution in [3.05, 3.63) is 11.8 Å². The van der Waals surface area contributed by atoms with Gasteiger partial charge in [-0.3, -0.25) is 9.69 Å². The summed E-state index contributed by atoms with van der Waals surface area (Å²) in [5, 5.41) is 0. The summed E-state index contributed by atoms with van der Waals surface area (Å²) in [6.07, 6.45) is 1.01. The Morgan fingerprint density at radius 1 is 1.57 bits per heavy atom. The molecule has 14 heavy (non-hydrogen) atoms. The maximum atomic E-state index is 11.7. The maximum absolute atomic E-state index is 11.7. The summed E-state index contributed by atoms with van der Waals surface area (Å²) in [6, 6.07) is 0.136. The van der Waals surface area contributed by atoms with Gasteiger partial charge in [-0.25, -0.2) is 0 Å². The molecule has 1 amide bonds. The molecule has 2 heterocycles. The highest BCUT2D eigenvalue weighted by Gasteiger charge is 2.42. The first kappa shape index (κ1) is 9.52. The first-order chi connectivity index (χ1) is 6.59. The summed E-state index contributed by atoms with van der Waals surface area (Å²) < 4.78 is 10.8. The van der Waals surface area contributed by atoms with Gasteiger partial charge in [0, 0.05) is 6.08 Å². The molecule has 0 N–H and O–H groups in total. The van der Waals surface area contributed by atoms with Crippen LogP contribution in [0.3, 0.4) is 0 Å². The smallest absolute Gasteiger partial charge is 0.286 e. The summed E-state index contributed by atoms with van der Waals surface area (Å²) in [5.74, 6) is 1.01. The van der Waals surface area contributed by atoms with E-state index in [1.807, 2.05) is 0 Å². The van der Waals surface area contributed by atoms with Gasteiger partial charge >= 0.3 is 0 Å². The zero-order valence-corrected chi connectivity index (χ0v) is 8.69. The van der Waals surface area contributed by atoms with Crippen LogP contribution in [0.15, 0.2) is 11.8 Å². The van der Waals surface area contributed by atoms with E-state index < -0.39 is 6.41 Å². The van der Waals surface area contributed by atoms with Crippen molar-refractivity contribution < 1.29 is 14.3 Å². The van der Waals surface area contributed by atoms with Crippen LogP contribution in [0.4, 0.5) is 0 Å². The first-order valence-electron chi connectivity index (χ1n) is 4.88. The quantitative estimate of drug-likeness (QED) is 0.631. The summed E-state index contributed by atoms with van der Waals surface area (Å²) in [7, 11) is 0. The average Bonchev–Trinajstić information content (AvgIpc) is 2.47. The van der Waals surface area contributed by atoms with E-state index >= 15 is 0 Å². The van der Waals surface area contributed by atoms with Crippen LogP contribution in [0.5, 0.6) is 0 Å². The Labute approximate surface area is 83.5 Å². The van der Waals surface area contributed by atoms with Gasteiger partial charge in [0.2, 0.25) is 0 Å². The van der Waals surface area contributed by atoms with Crippen LogP contribution in [-0.2, 0) is 14.3 Å². The van der Waals surface area contributed by atoms with Gasteiger partial charge in [-0.1, -0.05) is 13.8 Å². The second kappa shape index (κ2) is 3.28. The number of hydrogen-bond acceptors (Lipinski definition) is 3. The lowest BCUT2D eigenvalue weighted by Crippen LogP contribution is -2.46. The Bertz CT molecular complexity index is 285. The zero-order chi connectivity index (χ0) is 10.3. The number of nitrogens with zero attached hydrogens (tertiary/aromatic N) is 1. The number of allylic oxidation sites excluding steroid dienone is 1. The van der Waals surface area contributed by atoms with E-state index in [4.69, 9.17) is 9.47 Å². The Morgan fingerprint density at radius 3 is 2.93 bits per heavy atom. The van der Waals surface area contributed by atoms with Crippen molar-refractivity contribution in [2.75, 3.05) is 6.61 Å². The number of hydrogen-bond donors (Lipinski definition) is 0. The molecule has 4 nitrogen and oxygen atoms in total. The minimum absolute atomic E-state index is 0.00468. The molecule has 0 radical (unpaired) electrons. The first-order valence-corrected chi connectivity index (χ1v) is 4.88. The minimum atomic E-state index is -0.500. The Kier molecular flexibility index (Phi) is 2.23. The molecule has 0 aliphatic carbocycles. The second-order valence-corrected chi connectivity index (χ2v) is 4.07. The second-order valence-electron chi connectivity index (χ2n) is 4.07. The van der Waals surface area contributed by atoms with Gasteiger partial charge in [0.25, 0.3) is 12.3 Å². The van der Waals surface area contributed by atoms with E-state index in [0.29, 0.717) is 18.3 Å². The van der Waals surface area contributed by atoms with Crippen molar-refractivity contribution in [3.8, 4) is 0 Å². The van der Waals surface area contributed by atoms with Crippen LogP contribution in [0.1, 0.15) is 20.8 Å². The van der Waals surface area contributed by atoms with E-state index in [1.54, 1.807) is 11.8 Å². The molecular formula is C10H15NO3. The number of amides is 1. The summed E-state index contributed by atoms with van der Waals surface area (Å²) in [4.78, 5) is 13.4. The van der Waals surface area contributed by atoms with Crippen molar-refractivity contribution in [1.82, 2.24) is 4.90 Å². The SMILES string of the molecule is CC1=CC(=O)N2[C@H](OC[C@@H]2C(C)C)O1. The molecule has 0 aromatic rings. The average molecular weight is 197 g/mol. The van der Waals surface area contributed by atoms with E-state index in [2.05, 4.69) is 13.8 Å². The molecule has 0 aromatic heterocycles. The highest BCUT2D eigenvalue weighted by molar-refractivity contribution is 5.89. The Morgan fingerprint density at radius 2 is 2.29 bits per heavy atom. The summed E-state index contributed by atoms with van der Waals surface area (Å²) in [6.45, 7) is 6.49. The lowest BCUT2D eigenvalue weighted by atomic mass is 10.0. The van der Waals surface area contributed by atoms with Crippen LogP contribution < -0.4 is 0 Å². The van der Waals surface area contributed by atoms with Gasteiger partial charge in [-0.15, -0.1) is 0 Å². The largest absolute Gasteiger partial charge is 0.451 e. The van der Waals surface area contributed by atoms with Gasteiger partial charge < -0.3 is 9.47 Å². The van der Waals surface area contributed by atoms with Gasteiger partial charge in [0.1, 0.15) is 5.76 Å². The molecule has 78 valence electrons. The predicted octanol–water partition coefficient (Wildman–Crippen LogP) is 1.09. The molecule has 4 heteroatoms. The topological polar surface area (TPSA) is 38.8 Å². The number of fused-ring (bicyclic) bond motifs is 1. The maximum Gasteiger partial charge on any atom is 0.286 e. The standard InChI is InChI=1S/C10H15NO3/c1-6(2)8-5-13-10-11(8)9(12)4-7(3)14-10/h4,6,8,10H,5H2,1-3H3/t8-,10-/m1/s1. The molecule has 0 spiro atoms. The normalized spacial score (nSPS) is 31.6. The third-order valence-electron chi connectivity index (χ3n) is 2.63. The van der Waals surface area contributed by atoms with Gasteiger partial charge in [0.05, 0.1) is 12.6 Å². The van der Waals surface area contributed by atoms with Crippen LogP contribution in [0.25, 0.3) is 0 Å². The fourth-order valence-electron chi connectivity index (χ4n) is 1.81. The minimum Gasteiger partial charge on any atom is -0.451 e. The lowest BCUT2D eigenvalue weighted by molar-refractivity contribution is -0.176. The van der Waals surface area contributed by atoms with Gasteiger partial charge in [-0.05, 0) is 12.8 Å².